The molecule has 4 aromatic rings. The summed E-state index contributed by atoms with van der Waals surface area (Å²) in [7, 11) is 0. The van der Waals surface area contributed by atoms with Gasteiger partial charge in [0, 0.05) is 28.8 Å². The summed E-state index contributed by atoms with van der Waals surface area (Å²) >= 11 is 0. The van der Waals surface area contributed by atoms with E-state index in [-0.39, 0.29) is 0 Å². The van der Waals surface area contributed by atoms with Gasteiger partial charge in [0.1, 0.15) is 0 Å². The molecule has 1 heteroatoms. The van der Waals surface area contributed by atoms with Gasteiger partial charge in [-0.15, -0.1) is 0 Å². The van der Waals surface area contributed by atoms with Crippen molar-refractivity contribution in [3.05, 3.63) is 95.6 Å². The molecule has 0 N–H and O–H groups in total. The van der Waals surface area contributed by atoms with E-state index in [2.05, 4.69) is 77.1 Å². The molecule has 2 heterocycles. The molecule has 1 aromatic heterocycles. The van der Waals surface area contributed by atoms with Crippen LogP contribution in [0.1, 0.15) is 23.1 Å². The number of nitrogens with zero attached hydrogens (tertiary/aromatic N) is 1. The van der Waals surface area contributed by atoms with E-state index >= 15 is 0 Å². The van der Waals surface area contributed by atoms with Crippen LogP contribution in [0.4, 0.5) is 0 Å². The minimum absolute atomic E-state index is 1.06. The number of hydrogen-bond donors (Lipinski definition) is 0. The van der Waals surface area contributed by atoms with Gasteiger partial charge in [0.05, 0.1) is 5.52 Å². The summed E-state index contributed by atoms with van der Waals surface area (Å²) in [4.78, 5) is 0. The molecule has 0 radical (unpaired) electrons. The van der Waals surface area contributed by atoms with Crippen LogP contribution in [-0.2, 0) is 13.0 Å². The van der Waals surface area contributed by atoms with Crippen molar-refractivity contribution in [3.8, 4) is 23.1 Å². The number of rotatable bonds is 1. The number of aromatic nitrogens is 1. The van der Waals surface area contributed by atoms with Gasteiger partial charge in [-0.05, 0) is 54.3 Å². The fraction of sp³-hybridized carbons (Fsp3) is 0.120. The fourth-order valence-electron chi connectivity index (χ4n) is 3.94. The van der Waals surface area contributed by atoms with Gasteiger partial charge in [-0.25, -0.2) is 0 Å². The van der Waals surface area contributed by atoms with Crippen LogP contribution < -0.4 is 0 Å². The van der Waals surface area contributed by atoms with Crippen molar-refractivity contribution in [1.82, 2.24) is 4.57 Å². The van der Waals surface area contributed by atoms with E-state index in [0.29, 0.717) is 0 Å². The van der Waals surface area contributed by atoms with Crippen LogP contribution in [-0.4, -0.2) is 4.57 Å². The smallest absolute Gasteiger partial charge is 0.0518 e. The average Bonchev–Trinajstić information content (AvgIpc) is 3.08. The molecule has 3 aromatic carbocycles. The van der Waals surface area contributed by atoms with Gasteiger partial charge in [0.25, 0.3) is 0 Å². The normalized spacial score (nSPS) is 12.6. The second-order valence-corrected chi connectivity index (χ2v) is 6.84. The zero-order chi connectivity index (χ0) is 17.3. The highest BCUT2D eigenvalue weighted by Gasteiger charge is 2.18. The maximum absolute atomic E-state index is 3.36. The van der Waals surface area contributed by atoms with Crippen molar-refractivity contribution in [1.29, 1.82) is 0 Å². The second-order valence-electron chi connectivity index (χ2n) is 6.84. The molecule has 0 saturated heterocycles. The molecule has 1 aliphatic rings. The third-order valence-corrected chi connectivity index (χ3v) is 5.09. The molecule has 0 saturated carbocycles. The summed E-state index contributed by atoms with van der Waals surface area (Å²) in [5, 5.41) is 1.30. The Morgan fingerprint density at radius 2 is 1.46 bits per heavy atom. The zero-order valence-electron chi connectivity index (χ0n) is 14.6. The lowest BCUT2D eigenvalue weighted by molar-refractivity contribution is 0.640. The molecular weight excluding hydrogens is 314 g/mol. The van der Waals surface area contributed by atoms with E-state index in [1.54, 1.807) is 0 Å². The van der Waals surface area contributed by atoms with E-state index in [0.717, 1.165) is 24.1 Å². The molecule has 0 aliphatic carbocycles. The Morgan fingerprint density at radius 3 is 2.27 bits per heavy atom. The predicted octanol–water partition coefficient (Wildman–Crippen LogP) is 5.65. The molecule has 26 heavy (non-hydrogen) atoms. The van der Waals surface area contributed by atoms with Crippen LogP contribution >= 0.6 is 0 Å². The lowest BCUT2D eigenvalue weighted by atomic mass is 10.0. The van der Waals surface area contributed by atoms with Crippen molar-refractivity contribution < 1.29 is 0 Å². The Bertz CT molecular complexity index is 1140. The van der Waals surface area contributed by atoms with Crippen molar-refractivity contribution >= 4 is 10.9 Å². The van der Waals surface area contributed by atoms with Gasteiger partial charge >= 0.3 is 0 Å². The first kappa shape index (κ1) is 15.0. The molecule has 0 atom stereocenters. The maximum atomic E-state index is 3.36. The topological polar surface area (TPSA) is 4.93 Å². The highest BCUT2D eigenvalue weighted by molar-refractivity contribution is 5.91. The summed E-state index contributed by atoms with van der Waals surface area (Å²) in [5.74, 6) is 6.65. The molecule has 0 unspecified atom stereocenters. The fourth-order valence-corrected chi connectivity index (χ4v) is 3.94. The molecule has 0 amide bonds. The van der Waals surface area contributed by atoms with E-state index in [9.17, 15) is 0 Å². The van der Waals surface area contributed by atoms with Gasteiger partial charge in [-0.1, -0.05) is 60.4 Å². The van der Waals surface area contributed by atoms with Crippen LogP contribution in [0.2, 0.25) is 0 Å². The Balaban J connectivity index is 1.66. The molecule has 124 valence electrons. The quantitative estimate of drug-likeness (QED) is 0.396. The monoisotopic (exact) mass is 333 g/mol. The van der Waals surface area contributed by atoms with E-state index in [1.165, 1.54) is 34.1 Å². The summed E-state index contributed by atoms with van der Waals surface area (Å²) in [6.45, 7) is 1.09. The van der Waals surface area contributed by atoms with Crippen LogP contribution in [0.15, 0.2) is 78.9 Å². The van der Waals surface area contributed by atoms with Gasteiger partial charge in [-0.3, -0.25) is 0 Å². The summed E-state index contributed by atoms with van der Waals surface area (Å²) < 4.78 is 2.48. The van der Waals surface area contributed by atoms with Crippen LogP contribution in [0.5, 0.6) is 0 Å². The minimum Gasteiger partial charge on any atom is -0.340 e. The molecule has 1 aliphatic heterocycles. The van der Waals surface area contributed by atoms with Crippen LogP contribution in [0.3, 0.4) is 0 Å². The van der Waals surface area contributed by atoms with Crippen molar-refractivity contribution in [2.75, 3.05) is 0 Å². The SMILES string of the molecule is C(#Cc1cc2c3c(c1)cc(-c1ccccc1)n3CCC2)c1ccccc1. The summed E-state index contributed by atoms with van der Waals surface area (Å²) in [6.07, 6.45) is 2.32. The number of benzene rings is 3. The van der Waals surface area contributed by atoms with Gasteiger partial charge < -0.3 is 4.57 Å². The first-order chi connectivity index (χ1) is 12.9. The summed E-state index contributed by atoms with van der Waals surface area (Å²) in [5.41, 5.74) is 7.58. The van der Waals surface area contributed by atoms with Gasteiger partial charge in [0.2, 0.25) is 0 Å². The molecular formula is C25H19N. The van der Waals surface area contributed by atoms with E-state index in [4.69, 9.17) is 0 Å². The average molecular weight is 333 g/mol. The molecule has 5 rings (SSSR count). The highest BCUT2D eigenvalue weighted by atomic mass is 15.0. The maximum Gasteiger partial charge on any atom is 0.0518 e. The van der Waals surface area contributed by atoms with Crippen LogP contribution in [0.25, 0.3) is 22.2 Å². The van der Waals surface area contributed by atoms with Crippen molar-refractivity contribution in [2.45, 2.75) is 19.4 Å². The second kappa shape index (κ2) is 6.24. The Labute approximate surface area is 153 Å². The Hall–Kier alpha value is -3.24. The lowest BCUT2D eigenvalue weighted by Gasteiger charge is -2.18. The van der Waals surface area contributed by atoms with E-state index in [1.807, 2.05) is 18.2 Å². The molecule has 0 fully saturated rings. The van der Waals surface area contributed by atoms with Crippen molar-refractivity contribution in [3.63, 3.8) is 0 Å². The molecule has 0 spiro atoms. The number of aryl methyl sites for hydroxylation is 2. The summed E-state index contributed by atoms with van der Waals surface area (Å²) in [6, 6.07) is 27.7. The van der Waals surface area contributed by atoms with E-state index < -0.39 is 0 Å². The van der Waals surface area contributed by atoms with Crippen molar-refractivity contribution in [2.24, 2.45) is 0 Å². The standard InChI is InChI=1S/C25H19N/c1-3-8-19(9-4-1)13-14-20-16-22-12-7-15-26-24(18-23(17-20)25(22)26)21-10-5-2-6-11-21/h1-6,8-11,16-18H,7,12,15H2. The molecule has 0 bridgehead atoms. The Morgan fingerprint density at radius 1 is 0.731 bits per heavy atom. The minimum atomic E-state index is 1.06. The Kier molecular flexibility index (Phi) is 3.61. The number of hydrogen-bond acceptors (Lipinski definition) is 0. The molecule has 1 nitrogen and oxygen atoms in total. The third kappa shape index (κ3) is 2.61. The highest BCUT2D eigenvalue weighted by Crippen LogP contribution is 2.34. The van der Waals surface area contributed by atoms with Crippen LogP contribution in [0, 0.1) is 11.8 Å². The third-order valence-electron chi connectivity index (χ3n) is 5.09. The van der Waals surface area contributed by atoms with Gasteiger partial charge in [0.15, 0.2) is 0 Å². The largest absolute Gasteiger partial charge is 0.340 e. The predicted molar refractivity (Wildman–Crippen MR) is 108 cm³/mol. The van der Waals surface area contributed by atoms with Gasteiger partial charge in [-0.2, -0.15) is 0 Å². The lowest BCUT2D eigenvalue weighted by Crippen LogP contribution is -2.08. The zero-order valence-corrected chi connectivity index (χ0v) is 14.6. The first-order valence-electron chi connectivity index (χ1n) is 9.17. The first-order valence-corrected chi connectivity index (χ1v) is 9.17.